The van der Waals surface area contributed by atoms with Gasteiger partial charge in [0.2, 0.25) is 0 Å². The summed E-state index contributed by atoms with van der Waals surface area (Å²) in [5.74, 6) is 0. The zero-order chi connectivity index (χ0) is 0. The third kappa shape index (κ3) is 145. The molecular weight excluding hydrogens is 2750 g/mol. The maximum absolute atomic E-state index is 0. The summed E-state index contributed by atoms with van der Waals surface area (Å²) in [5, 5.41) is 0. The summed E-state index contributed by atoms with van der Waals surface area (Å²) < 4.78 is 0. The van der Waals surface area contributed by atoms with Gasteiger partial charge in [-0.25, -0.2) is 0 Å². The molecule has 0 nitrogen and oxygen atoms in total. The summed E-state index contributed by atoms with van der Waals surface area (Å²) in [6.45, 7) is 0. The first-order valence-electron chi connectivity index (χ1n) is 0. The fourth-order valence-electron chi connectivity index (χ4n) is 0. The minimum absolute atomic E-state index is 0. The van der Waals surface area contributed by atoms with Gasteiger partial charge in [0, 0.05) is 283 Å². The largest absolute Gasteiger partial charge is 1.00 e. The van der Waals surface area contributed by atoms with E-state index in [1.165, 1.54) is 0 Å². The van der Waals surface area contributed by atoms with Crippen LogP contribution in [0.4, 0.5) is 0 Å². The van der Waals surface area contributed by atoms with E-state index >= 15 is 0 Å². The molecule has 0 aromatic heterocycles. The van der Waals surface area contributed by atoms with Crippen molar-refractivity contribution < 1.29 is 307 Å². The SMILES string of the molecule is I.I.I.I.I.I.I.I.I.I.[Cd].[Cs+].[Dy].[H-].[H-].[Ho].[In].[Na+].[Sc].[Sn].[Th].[Tl].[Tm]. The molecule has 11 radical (unpaired) electrons. The van der Waals surface area contributed by atoms with Crippen molar-refractivity contribution in [3.05, 3.63) is 0 Å². The van der Waals surface area contributed by atoms with E-state index in [1.54, 1.807) is 0 Å². The Morgan fingerprint density at radius 3 is 0.619 bits per heavy atom. The Morgan fingerprint density at radius 2 is 0.619 bits per heavy atom. The maximum Gasteiger partial charge on any atom is 1.00 e. The molecule has 0 aliphatic rings. The van der Waals surface area contributed by atoms with Crippen molar-refractivity contribution in [3.8, 4) is 0 Å². The van der Waals surface area contributed by atoms with Gasteiger partial charge in [-0.1, -0.05) is 0 Å². The third-order valence-corrected chi connectivity index (χ3v) is 0. The zero-order valence-corrected chi connectivity index (χ0v) is 68.3. The van der Waals surface area contributed by atoms with Crippen LogP contribution in [0.1, 0.15) is 2.85 Å². The molecule has 0 heterocycles. The summed E-state index contributed by atoms with van der Waals surface area (Å²) in [6, 6.07) is 0. The first-order valence-corrected chi connectivity index (χ1v) is 0. The van der Waals surface area contributed by atoms with Gasteiger partial charge in [-0.2, -0.15) is 0 Å². The second-order valence-electron chi connectivity index (χ2n) is 0. The molecule has 0 rings (SSSR count). The second kappa shape index (κ2) is 153. The molecule has 0 atom stereocenters. The van der Waals surface area contributed by atoms with Gasteiger partial charge in [0.05, 0.1) is 0 Å². The molecule has 0 fully saturated rings. The summed E-state index contributed by atoms with van der Waals surface area (Å²) in [7, 11) is 0. The van der Waals surface area contributed by atoms with E-state index in [9.17, 15) is 0 Å². The summed E-state index contributed by atoms with van der Waals surface area (Å²) in [5.41, 5.74) is 0. The molecule has 0 unspecified atom stereocenters. The van der Waals surface area contributed by atoms with Crippen molar-refractivity contribution in [2.75, 3.05) is 0 Å². The standard InChI is InChI=1S/Cd.Cs.Dy.Ho.10HI.In.Na.Sc.Sn.Th.Tl.Tm.2H/h;;;;10*1H;;;;;;;;;/q;+1;;;;;;;;;;;;;;+1;;;;;;2*-1. The molecule has 0 spiro atoms. The van der Waals surface area contributed by atoms with Crippen LogP contribution in [0, 0.1) is 153 Å². The molecule has 0 bridgehead atoms. The van der Waals surface area contributed by atoms with Crippen LogP contribution in [-0.2, 0) is 53.1 Å². The van der Waals surface area contributed by atoms with Gasteiger partial charge in [0.15, 0.2) is 0 Å². The first kappa shape index (κ1) is 165. The predicted molar refractivity (Wildman–Crippen MR) is 174 cm³/mol. The quantitative estimate of drug-likeness (QED) is 0.222. The van der Waals surface area contributed by atoms with Crippen LogP contribution in [0.3, 0.4) is 0 Å². The Kier molecular flexibility index (Phi) is 1200. The molecule has 0 saturated heterocycles. The van der Waals surface area contributed by atoms with Crippen LogP contribution >= 0.6 is 240 Å². The average molecular weight is 2760 g/mol. The van der Waals surface area contributed by atoms with Crippen LogP contribution in [0.2, 0.25) is 0 Å². The number of rotatable bonds is 0. The zero-order valence-electron chi connectivity index (χ0n) is 12.4. The van der Waals surface area contributed by atoms with Crippen molar-refractivity contribution in [2.45, 2.75) is 0 Å². The van der Waals surface area contributed by atoms with Crippen molar-refractivity contribution in [1.29, 1.82) is 0 Å². The van der Waals surface area contributed by atoms with E-state index in [0.717, 1.165) is 0 Å². The van der Waals surface area contributed by atoms with Gasteiger partial charge in [-0.3, -0.25) is 0 Å². The molecule has 21 heteroatoms. The fraction of sp³-hybridized carbons (Fsp3) is 0. The van der Waals surface area contributed by atoms with E-state index < -0.39 is 0 Å². The van der Waals surface area contributed by atoms with Gasteiger partial charge in [0.25, 0.3) is 0 Å². The van der Waals surface area contributed by atoms with Crippen LogP contribution in [0.15, 0.2) is 0 Å². The Labute approximate surface area is 601 Å². The molecule has 21 heavy (non-hydrogen) atoms. The predicted octanol–water partition coefficient (Wildman–Crippen LogP) is -0.734. The Hall–Kier alpha value is 19.8. The summed E-state index contributed by atoms with van der Waals surface area (Å²) >= 11 is 0. The number of hydrogen-bond acceptors (Lipinski definition) is 0. The molecule has 0 amide bonds. The minimum atomic E-state index is 0. The number of halogens is 10. The molecular formula is H12CdCsDyHoI10InNaScSnThTlTm. The Morgan fingerprint density at radius 1 is 0.619 bits per heavy atom. The first-order chi connectivity index (χ1) is 0. The van der Waals surface area contributed by atoms with Gasteiger partial charge in [-0.15, -0.1) is 240 Å². The summed E-state index contributed by atoms with van der Waals surface area (Å²) in [4.78, 5) is 0. The fourth-order valence-corrected chi connectivity index (χ4v) is 0. The number of hydrogen-bond donors (Lipinski definition) is 0. The molecule has 137 valence electrons. The molecule has 0 N–H and O–H groups in total. The van der Waals surface area contributed by atoms with Gasteiger partial charge in [-0.05, 0) is 0 Å². The average Bonchev–Trinajstić information content (AvgIpc) is 0. The third-order valence-electron chi connectivity index (χ3n) is 0. The minimum Gasteiger partial charge on any atom is -1.00 e. The van der Waals surface area contributed by atoms with E-state index in [2.05, 4.69) is 0 Å². The van der Waals surface area contributed by atoms with Crippen molar-refractivity contribution in [1.82, 2.24) is 0 Å². The van der Waals surface area contributed by atoms with Crippen LogP contribution < -0.4 is 98.5 Å². The van der Waals surface area contributed by atoms with E-state index in [-0.39, 0.29) is 624 Å². The summed E-state index contributed by atoms with van der Waals surface area (Å²) in [6.07, 6.45) is 0. The molecule has 0 aromatic carbocycles. The maximum atomic E-state index is 0. The van der Waals surface area contributed by atoms with Crippen molar-refractivity contribution in [2.24, 2.45) is 0 Å². The van der Waals surface area contributed by atoms with Crippen molar-refractivity contribution in [3.63, 3.8) is 0 Å². The van der Waals surface area contributed by atoms with Gasteiger partial charge in [0.1, 0.15) is 0 Å². The molecule has 0 aromatic rings. The van der Waals surface area contributed by atoms with Crippen LogP contribution in [0.25, 0.3) is 0 Å². The molecule has 0 aliphatic carbocycles. The van der Waals surface area contributed by atoms with Crippen LogP contribution in [-0.4, -0.2) is 77.0 Å². The molecule has 0 aliphatic heterocycles. The smallest absolute Gasteiger partial charge is 1.00 e. The van der Waals surface area contributed by atoms with Crippen LogP contribution in [0.5, 0.6) is 0 Å². The Bertz CT molecular complexity index is 68.8. The second-order valence-corrected chi connectivity index (χ2v) is 0. The van der Waals surface area contributed by atoms with E-state index in [0.29, 0.717) is 0 Å². The normalized spacial score (nSPS) is 0. The van der Waals surface area contributed by atoms with Crippen molar-refractivity contribution >= 4 is 317 Å². The molecule has 0 saturated carbocycles. The Balaban J connectivity index is 0. The topological polar surface area (TPSA) is 0 Å². The monoisotopic (exact) mass is 2770 g/mol. The van der Waals surface area contributed by atoms with Gasteiger partial charge >= 0.3 is 98.5 Å². The van der Waals surface area contributed by atoms with E-state index in [1.807, 2.05) is 0 Å². The van der Waals surface area contributed by atoms with Gasteiger partial charge < -0.3 is 2.85 Å². The van der Waals surface area contributed by atoms with E-state index in [4.69, 9.17) is 0 Å².